The van der Waals surface area contributed by atoms with E-state index in [0.717, 1.165) is 25.9 Å². The number of carboxylic acids is 1. The maximum absolute atomic E-state index is 12.5. The van der Waals surface area contributed by atoms with Gasteiger partial charge in [-0.15, -0.1) is 0 Å². The van der Waals surface area contributed by atoms with E-state index in [9.17, 15) is 19.5 Å². The normalized spacial score (nSPS) is 28.2. The number of carbonyl (C=O) groups excluding carboxylic acids is 2. The number of nitrogens with one attached hydrogen (secondary N) is 1. The second-order valence-electron chi connectivity index (χ2n) is 6.92. The van der Waals surface area contributed by atoms with Gasteiger partial charge in [0.05, 0.1) is 6.61 Å². The van der Waals surface area contributed by atoms with E-state index >= 15 is 0 Å². The molecule has 0 aromatic carbocycles. The molecule has 8 nitrogen and oxygen atoms in total. The molecule has 1 unspecified atom stereocenters. The standard InChI is InChI=1S/C16H25N3O5/c20-13(17-16(14(21)22)5-10-24-11-16)12-3-8-19(9-4-12)15(23)18-6-1-2-7-18/h12H,1-11H2,(H,17,20)(H,21,22). The van der Waals surface area contributed by atoms with Gasteiger partial charge in [-0.05, 0) is 25.7 Å². The van der Waals surface area contributed by atoms with Gasteiger partial charge in [-0.1, -0.05) is 0 Å². The zero-order valence-corrected chi connectivity index (χ0v) is 13.8. The molecular weight excluding hydrogens is 314 g/mol. The van der Waals surface area contributed by atoms with Crippen LogP contribution >= 0.6 is 0 Å². The highest BCUT2D eigenvalue weighted by atomic mass is 16.5. The average molecular weight is 339 g/mol. The maximum Gasteiger partial charge on any atom is 0.331 e. The molecule has 24 heavy (non-hydrogen) atoms. The Bertz CT molecular complexity index is 504. The van der Waals surface area contributed by atoms with E-state index in [1.54, 1.807) is 4.90 Å². The number of carbonyl (C=O) groups is 3. The quantitative estimate of drug-likeness (QED) is 0.769. The Kier molecular flexibility index (Phi) is 4.93. The van der Waals surface area contributed by atoms with Gasteiger partial charge in [0.25, 0.3) is 0 Å². The summed E-state index contributed by atoms with van der Waals surface area (Å²) in [5.41, 5.74) is -1.29. The predicted molar refractivity (Wildman–Crippen MR) is 84.4 cm³/mol. The number of carboxylic acid groups (broad SMARTS) is 1. The van der Waals surface area contributed by atoms with Crippen molar-refractivity contribution in [2.75, 3.05) is 39.4 Å². The van der Waals surface area contributed by atoms with Gasteiger partial charge in [-0.2, -0.15) is 0 Å². The summed E-state index contributed by atoms with van der Waals surface area (Å²) < 4.78 is 5.16. The van der Waals surface area contributed by atoms with Crippen LogP contribution in [-0.4, -0.2) is 77.7 Å². The second-order valence-corrected chi connectivity index (χ2v) is 6.92. The molecule has 0 aliphatic carbocycles. The molecule has 134 valence electrons. The molecule has 3 heterocycles. The van der Waals surface area contributed by atoms with Gasteiger partial charge in [0, 0.05) is 45.1 Å². The lowest BCUT2D eigenvalue weighted by Crippen LogP contribution is -2.57. The van der Waals surface area contributed by atoms with Crippen molar-refractivity contribution in [3.05, 3.63) is 0 Å². The third-order valence-corrected chi connectivity index (χ3v) is 5.31. The van der Waals surface area contributed by atoms with Crippen molar-refractivity contribution < 1.29 is 24.2 Å². The van der Waals surface area contributed by atoms with Gasteiger partial charge in [0.15, 0.2) is 5.54 Å². The fourth-order valence-corrected chi connectivity index (χ4v) is 3.66. The van der Waals surface area contributed by atoms with Crippen molar-refractivity contribution in [2.45, 2.75) is 37.6 Å². The molecule has 8 heteroatoms. The molecule has 0 saturated carbocycles. The Morgan fingerprint density at radius 3 is 2.21 bits per heavy atom. The number of ether oxygens (including phenoxy) is 1. The summed E-state index contributed by atoms with van der Waals surface area (Å²) in [6.45, 7) is 3.09. The average Bonchev–Trinajstić information content (AvgIpc) is 3.26. The van der Waals surface area contributed by atoms with Crippen molar-refractivity contribution in [3.8, 4) is 0 Å². The van der Waals surface area contributed by atoms with Gasteiger partial charge < -0.3 is 25.0 Å². The second kappa shape index (κ2) is 6.96. The van der Waals surface area contributed by atoms with Crippen LogP contribution in [0.1, 0.15) is 32.1 Å². The summed E-state index contributed by atoms with van der Waals surface area (Å²) in [4.78, 5) is 40.0. The van der Waals surface area contributed by atoms with Crippen LogP contribution in [0.5, 0.6) is 0 Å². The van der Waals surface area contributed by atoms with Crippen molar-refractivity contribution in [1.82, 2.24) is 15.1 Å². The zero-order chi connectivity index (χ0) is 17.2. The van der Waals surface area contributed by atoms with Gasteiger partial charge in [0.1, 0.15) is 0 Å². The number of urea groups is 1. The highest BCUT2D eigenvalue weighted by Crippen LogP contribution is 2.24. The molecule has 3 fully saturated rings. The third kappa shape index (κ3) is 3.33. The first-order valence-electron chi connectivity index (χ1n) is 8.69. The van der Waals surface area contributed by atoms with Crippen molar-refractivity contribution >= 4 is 17.9 Å². The van der Waals surface area contributed by atoms with E-state index in [2.05, 4.69) is 5.32 Å². The van der Waals surface area contributed by atoms with Gasteiger partial charge in [0.2, 0.25) is 5.91 Å². The number of hydrogen-bond donors (Lipinski definition) is 2. The Balaban J connectivity index is 1.51. The fraction of sp³-hybridized carbons (Fsp3) is 0.812. The molecule has 3 aliphatic heterocycles. The molecule has 3 saturated heterocycles. The van der Waals surface area contributed by atoms with Crippen LogP contribution in [0.2, 0.25) is 0 Å². The summed E-state index contributed by atoms with van der Waals surface area (Å²) in [6, 6.07) is 0.0672. The Labute approximate surface area is 141 Å². The van der Waals surface area contributed by atoms with Crippen LogP contribution in [0.25, 0.3) is 0 Å². The SMILES string of the molecule is O=C(NC1(C(=O)O)CCOC1)C1CCN(C(=O)N2CCCC2)CC1. The van der Waals surface area contributed by atoms with Crippen molar-refractivity contribution in [1.29, 1.82) is 0 Å². The monoisotopic (exact) mass is 339 g/mol. The largest absolute Gasteiger partial charge is 0.479 e. The lowest BCUT2D eigenvalue weighted by atomic mass is 9.92. The summed E-state index contributed by atoms with van der Waals surface area (Å²) in [5.74, 6) is -1.53. The summed E-state index contributed by atoms with van der Waals surface area (Å²) >= 11 is 0. The number of hydrogen-bond acceptors (Lipinski definition) is 4. The number of rotatable bonds is 3. The lowest BCUT2D eigenvalue weighted by molar-refractivity contribution is -0.148. The third-order valence-electron chi connectivity index (χ3n) is 5.31. The molecular formula is C16H25N3O5. The molecule has 3 rings (SSSR count). The lowest BCUT2D eigenvalue weighted by Gasteiger charge is -2.35. The Hall–Kier alpha value is -1.83. The number of likely N-dealkylation sites (tertiary alicyclic amines) is 2. The smallest absolute Gasteiger partial charge is 0.331 e. The first-order valence-corrected chi connectivity index (χ1v) is 8.69. The van der Waals surface area contributed by atoms with E-state index in [0.29, 0.717) is 39.0 Å². The summed E-state index contributed by atoms with van der Waals surface area (Å²) in [5, 5.41) is 12.1. The fourth-order valence-electron chi connectivity index (χ4n) is 3.66. The van der Waals surface area contributed by atoms with E-state index in [1.807, 2.05) is 4.90 Å². The molecule has 3 amide bonds. The minimum atomic E-state index is -1.29. The van der Waals surface area contributed by atoms with E-state index in [-0.39, 0.29) is 24.5 Å². The van der Waals surface area contributed by atoms with Gasteiger partial charge in [-0.3, -0.25) is 4.79 Å². The van der Waals surface area contributed by atoms with E-state index in [4.69, 9.17) is 4.74 Å². The zero-order valence-electron chi connectivity index (χ0n) is 13.8. The molecule has 0 spiro atoms. The molecule has 3 aliphatic rings. The number of nitrogens with zero attached hydrogens (tertiary/aromatic N) is 2. The highest BCUT2D eigenvalue weighted by molar-refractivity contribution is 5.88. The van der Waals surface area contributed by atoms with Crippen LogP contribution in [0.15, 0.2) is 0 Å². The van der Waals surface area contributed by atoms with E-state index in [1.165, 1.54) is 0 Å². The first-order chi connectivity index (χ1) is 11.5. The minimum absolute atomic E-state index is 0.0143. The molecule has 0 aromatic rings. The van der Waals surface area contributed by atoms with Crippen molar-refractivity contribution in [3.63, 3.8) is 0 Å². The van der Waals surface area contributed by atoms with Gasteiger partial charge in [-0.25, -0.2) is 9.59 Å². The molecule has 0 aromatic heterocycles. The Morgan fingerprint density at radius 1 is 1.04 bits per heavy atom. The Morgan fingerprint density at radius 2 is 1.67 bits per heavy atom. The summed E-state index contributed by atoms with van der Waals surface area (Å²) in [6.07, 6.45) is 3.55. The maximum atomic E-state index is 12.5. The minimum Gasteiger partial charge on any atom is -0.479 e. The van der Waals surface area contributed by atoms with Crippen LogP contribution in [0.4, 0.5) is 4.79 Å². The summed E-state index contributed by atoms with van der Waals surface area (Å²) in [7, 11) is 0. The van der Waals surface area contributed by atoms with Crippen LogP contribution in [0, 0.1) is 5.92 Å². The number of amides is 3. The van der Waals surface area contributed by atoms with Crippen molar-refractivity contribution in [2.24, 2.45) is 5.92 Å². The molecule has 1 atom stereocenters. The van der Waals surface area contributed by atoms with Crippen LogP contribution in [-0.2, 0) is 14.3 Å². The number of piperidine rings is 1. The highest BCUT2D eigenvalue weighted by Gasteiger charge is 2.45. The van der Waals surface area contributed by atoms with E-state index < -0.39 is 11.5 Å². The molecule has 0 radical (unpaired) electrons. The van der Waals surface area contributed by atoms with Gasteiger partial charge >= 0.3 is 12.0 Å². The molecule has 2 N–H and O–H groups in total. The van der Waals surface area contributed by atoms with Crippen LogP contribution < -0.4 is 5.32 Å². The van der Waals surface area contributed by atoms with Crippen LogP contribution in [0.3, 0.4) is 0 Å². The predicted octanol–water partition coefficient (Wildman–Crippen LogP) is 0.274. The first kappa shape index (κ1) is 17.0. The number of aliphatic carboxylic acids is 1. The topological polar surface area (TPSA) is 99.2 Å². The molecule has 0 bridgehead atoms.